The summed E-state index contributed by atoms with van der Waals surface area (Å²) in [6.45, 7) is 1.85. The quantitative estimate of drug-likeness (QED) is 0.679. The van der Waals surface area contributed by atoms with E-state index in [0.29, 0.717) is 11.1 Å². The summed E-state index contributed by atoms with van der Waals surface area (Å²) in [5.74, 6) is -0.345. The Kier molecular flexibility index (Phi) is 5.40. The van der Waals surface area contributed by atoms with Crippen molar-refractivity contribution in [1.29, 1.82) is 0 Å². The average Bonchev–Trinajstić information content (AvgIpc) is 2.68. The molecule has 3 rings (SSSR count). The van der Waals surface area contributed by atoms with Crippen LogP contribution in [0.25, 0.3) is 11.1 Å². The van der Waals surface area contributed by atoms with E-state index in [9.17, 15) is 18.0 Å². The van der Waals surface area contributed by atoms with Gasteiger partial charge in [-0.1, -0.05) is 6.07 Å². The second kappa shape index (κ2) is 7.78. The molecule has 6 nitrogen and oxygen atoms in total. The number of aromatic nitrogens is 2. The van der Waals surface area contributed by atoms with Gasteiger partial charge in [0.05, 0.1) is 18.4 Å². The number of hydrogen-bond acceptors (Lipinski definition) is 5. The van der Waals surface area contributed by atoms with Crippen LogP contribution in [-0.2, 0) is 6.18 Å². The SMILES string of the molecule is COc1ccc(C(F)(F)F)cc1NC(=O)c1ccc(C)c(-c2cnc(N)nc2)c1. The molecule has 0 unspecified atom stereocenters. The van der Waals surface area contributed by atoms with Gasteiger partial charge in [-0.2, -0.15) is 13.2 Å². The number of rotatable bonds is 4. The first-order valence-electron chi connectivity index (χ1n) is 8.44. The van der Waals surface area contributed by atoms with Gasteiger partial charge >= 0.3 is 6.18 Å². The lowest BCUT2D eigenvalue weighted by Gasteiger charge is -2.14. The van der Waals surface area contributed by atoms with Gasteiger partial charge in [0, 0.05) is 23.5 Å². The van der Waals surface area contributed by atoms with Crippen molar-refractivity contribution in [3.8, 4) is 16.9 Å². The van der Waals surface area contributed by atoms with Crippen molar-refractivity contribution >= 4 is 17.5 Å². The largest absolute Gasteiger partial charge is 0.495 e. The van der Waals surface area contributed by atoms with Crippen molar-refractivity contribution in [2.24, 2.45) is 0 Å². The second-order valence-electron chi connectivity index (χ2n) is 6.23. The van der Waals surface area contributed by atoms with Crippen LogP contribution in [-0.4, -0.2) is 23.0 Å². The maximum absolute atomic E-state index is 13.0. The molecule has 0 aliphatic heterocycles. The van der Waals surface area contributed by atoms with Crippen molar-refractivity contribution < 1.29 is 22.7 Å². The summed E-state index contributed by atoms with van der Waals surface area (Å²) in [6.07, 6.45) is -1.48. The molecule has 29 heavy (non-hydrogen) atoms. The van der Waals surface area contributed by atoms with Crippen LogP contribution >= 0.6 is 0 Å². The number of aryl methyl sites for hydroxylation is 1. The Morgan fingerprint density at radius 2 is 1.79 bits per heavy atom. The number of halogens is 3. The van der Waals surface area contributed by atoms with Crippen LogP contribution in [0.1, 0.15) is 21.5 Å². The van der Waals surface area contributed by atoms with Crippen molar-refractivity contribution in [2.45, 2.75) is 13.1 Å². The number of amides is 1. The number of benzene rings is 2. The van der Waals surface area contributed by atoms with Gasteiger partial charge in [0.2, 0.25) is 5.95 Å². The summed E-state index contributed by atoms with van der Waals surface area (Å²) in [5, 5.41) is 2.48. The van der Waals surface area contributed by atoms with Crippen molar-refractivity contribution in [3.63, 3.8) is 0 Å². The molecule has 0 bridgehead atoms. The Morgan fingerprint density at radius 3 is 2.41 bits per heavy atom. The molecular weight excluding hydrogens is 385 g/mol. The number of nitrogens with one attached hydrogen (secondary N) is 1. The standard InChI is InChI=1S/C20H17F3N4O2/c1-11-3-4-12(7-15(11)13-9-25-19(24)26-10-13)18(28)27-16-8-14(20(21,22)23)5-6-17(16)29-2/h3-10H,1-2H3,(H,27,28)(H2,24,25,26). The summed E-state index contributed by atoms with van der Waals surface area (Å²) < 4.78 is 44.1. The van der Waals surface area contributed by atoms with Crippen molar-refractivity contribution in [3.05, 3.63) is 65.5 Å². The number of nitrogens with two attached hydrogens (primary N) is 1. The fraction of sp³-hybridized carbons (Fsp3) is 0.150. The van der Waals surface area contributed by atoms with Crippen LogP contribution in [0.3, 0.4) is 0 Å². The summed E-state index contributed by atoms with van der Waals surface area (Å²) in [5.41, 5.74) is 7.01. The Balaban J connectivity index is 1.94. The number of hydrogen-bond donors (Lipinski definition) is 2. The Morgan fingerprint density at radius 1 is 1.10 bits per heavy atom. The number of ether oxygens (including phenoxy) is 1. The number of carbonyl (C=O) groups is 1. The van der Waals surface area contributed by atoms with E-state index < -0.39 is 17.6 Å². The number of anilines is 2. The fourth-order valence-electron chi connectivity index (χ4n) is 2.73. The van der Waals surface area contributed by atoms with E-state index in [1.165, 1.54) is 19.5 Å². The van der Waals surface area contributed by atoms with Gasteiger partial charge in [0.1, 0.15) is 5.75 Å². The van der Waals surface area contributed by atoms with Gasteiger partial charge in [0.25, 0.3) is 5.91 Å². The molecule has 0 saturated heterocycles. The smallest absolute Gasteiger partial charge is 0.416 e. The van der Waals surface area contributed by atoms with Gasteiger partial charge in [-0.15, -0.1) is 0 Å². The summed E-state index contributed by atoms with van der Waals surface area (Å²) >= 11 is 0. The van der Waals surface area contributed by atoms with Crippen LogP contribution in [0.15, 0.2) is 48.8 Å². The molecule has 0 atom stereocenters. The van der Waals surface area contributed by atoms with E-state index in [4.69, 9.17) is 10.5 Å². The monoisotopic (exact) mass is 402 g/mol. The maximum atomic E-state index is 13.0. The topological polar surface area (TPSA) is 90.1 Å². The first-order chi connectivity index (χ1) is 13.7. The van der Waals surface area contributed by atoms with Crippen LogP contribution in [0.5, 0.6) is 5.75 Å². The molecule has 1 aromatic heterocycles. The summed E-state index contributed by atoms with van der Waals surface area (Å²) in [7, 11) is 1.31. The van der Waals surface area contributed by atoms with E-state index in [0.717, 1.165) is 23.8 Å². The van der Waals surface area contributed by atoms with Crippen LogP contribution in [0.4, 0.5) is 24.8 Å². The number of nitrogens with zero attached hydrogens (tertiary/aromatic N) is 2. The molecule has 0 aliphatic carbocycles. The lowest BCUT2D eigenvalue weighted by atomic mass is 10.00. The highest BCUT2D eigenvalue weighted by Gasteiger charge is 2.31. The second-order valence-corrected chi connectivity index (χ2v) is 6.23. The number of carbonyl (C=O) groups excluding carboxylic acids is 1. The molecule has 150 valence electrons. The summed E-state index contributed by atoms with van der Waals surface area (Å²) in [6, 6.07) is 7.79. The zero-order valence-electron chi connectivity index (χ0n) is 15.5. The number of methoxy groups -OCH3 is 1. The third-order valence-corrected chi connectivity index (χ3v) is 4.26. The predicted molar refractivity (Wildman–Crippen MR) is 103 cm³/mol. The molecule has 1 amide bonds. The van der Waals surface area contributed by atoms with Crippen LogP contribution < -0.4 is 15.8 Å². The molecule has 3 N–H and O–H groups in total. The van der Waals surface area contributed by atoms with Gasteiger partial charge in [-0.05, 0) is 48.4 Å². The third-order valence-electron chi connectivity index (χ3n) is 4.26. The molecule has 3 aromatic rings. The molecule has 0 fully saturated rings. The normalized spacial score (nSPS) is 11.2. The number of nitrogen functional groups attached to an aromatic ring is 1. The first kappa shape index (κ1) is 20.1. The fourth-order valence-corrected chi connectivity index (χ4v) is 2.73. The van der Waals surface area contributed by atoms with Crippen molar-refractivity contribution in [1.82, 2.24) is 9.97 Å². The molecule has 0 radical (unpaired) electrons. The molecular formula is C20H17F3N4O2. The van der Waals surface area contributed by atoms with Crippen molar-refractivity contribution in [2.75, 3.05) is 18.2 Å². The maximum Gasteiger partial charge on any atom is 0.416 e. The zero-order chi connectivity index (χ0) is 21.2. The van der Waals surface area contributed by atoms with Gasteiger partial charge in [-0.25, -0.2) is 9.97 Å². The molecule has 2 aromatic carbocycles. The van der Waals surface area contributed by atoms with E-state index >= 15 is 0 Å². The highest BCUT2D eigenvalue weighted by Crippen LogP contribution is 2.35. The van der Waals surface area contributed by atoms with Gasteiger partial charge < -0.3 is 15.8 Å². The lowest BCUT2D eigenvalue weighted by molar-refractivity contribution is -0.137. The first-order valence-corrected chi connectivity index (χ1v) is 8.44. The van der Waals surface area contributed by atoms with Gasteiger partial charge in [0.15, 0.2) is 0 Å². The Labute approximate surface area is 164 Å². The number of alkyl halides is 3. The minimum Gasteiger partial charge on any atom is -0.495 e. The predicted octanol–water partition coefficient (Wildman–Crippen LogP) is 4.31. The highest BCUT2D eigenvalue weighted by atomic mass is 19.4. The van der Waals surface area contributed by atoms with Crippen LogP contribution in [0.2, 0.25) is 0 Å². The van der Waals surface area contributed by atoms with E-state index in [-0.39, 0.29) is 22.9 Å². The summed E-state index contributed by atoms with van der Waals surface area (Å²) in [4.78, 5) is 20.6. The van der Waals surface area contributed by atoms with Gasteiger partial charge in [-0.3, -0.25) is 4.79 Å². The third kappa shape index (κ3) is 4.45. The Hall–Kier alpha value is -3.62. The molecule has 1 heterocycles. The average molecular weight is 402 g/mol. The zero-order valence-corrected chi connectivity index (χ0v) is 15.5. The lowest BCUT2D eigenvalue weighted by Crippen LogP contribution is -2.14. The molecule has 0 spiro atoms. The molecule has 0 aliphatic rings. The van der Waals surface area contributed by atoms with E-state index in [1.807, 2.05) is 6.92 Å². The highest BCUT2D eigenvalue weighted by molar-refractivity contribution is 6.05. The van der Waals surface area contributed by atoms with E-state index in [2.05, 4.69) is 15.3 Å². The molecule has 9 heteroatoms. The minimum atomic E-state index is -4.54. The molecule has 0 saturated carbocycles. The minimum absolute atomic E-state index is 0.0785. The van der Waals surface area contributed by atoms with Crippen LogP contribution in [0, 0.1) is 6.92 Å². The van der Waals surface area contributed by atoms with E-state index in [1.54, 1.807) is 18.2 Å². The Bertz CT molecular complexity index is 1050.